The fourth-order valence-corrected chi connectivity index (χ4v) is 2.67. The third-order valence-electron chi connectivity index (χ3n) is 3.87. The molecule has 2 heterocycles. The average Bonchev–Trinajstić information content (AvgIpc) is 3.11. The lowest BCUT2D eigenvalue weighted by Gasteiger charge is -2.08. The molecule has 0 aliphatic carbocycles. The molecule has 3 rings (SSSR count). The summed E-state index contributed by atoms with van der Waals surface area (Å²) < 4.78 is 1.55. The SMILES string of the molecule is CN(C)CCc1c[nH]c2ccc(Cn3ccnc3[N+](=O)[O-])cc12. The van der Waals surface area contributed by atoms with Crippen LogP contribution in [0.3, 0.4) is 0 Å². The van der Waals surface area contributed by atoms with Gasteiger partial charge in [-0.25, -0.2) is 4.57 Å². The van der Waals surface area contributed by atoms with Crippen LogP contribution in [0, 0.1) is 10.1 Å². The molecule has 0 atom stereocenters. The fourth-order valence-electron chi connectivity index (χ4n) is 2.67. The van der Waals surface area contributed by atoms with Crippen molar-refractivity contribution in [3.05, 3.63) is 58.0 Å². The predicted molar refractivity (Wildman–Crippen MR) is 88.5 cm³/mol. The lowest BCUT2D eigenvalue weighted by atomic mass is 10.1. The molecule has 0 aliphatic rings. The first-order valence-electron chi connectivity index (χ1n) is 7.44. The van der Waals surface area contributed by atoms with Gasteiger partial charge in [0.1, 0.15) is 12.4 Å². The molecule has 0 fully saturated rings. The van der Waals surface area contributed by atoms with Gasteiger partial charge in [-0.3, -0.25) is 0 Å². The molecule has 0 aliphatic heterocycles. The van der Waals surface area contributed by atoms with Crippen LogP contribution in [0.4, 0.5) is 5.95 Å². The number of rotatable bonds is 6. The molecular weight excluding hydrogens is 294 g/mol. The summed E-state index contributed by atoms with van der Waals surface area (Å²) >= 11 is 0. The maximum Gasteiger partial charge on any atom is 0.434 e. The van der Waals surface area contributed by atoms with E-state index in [4.69, 9.17) is 0 Å². The van der Waals surface area contributed by atoms with E-state index in [1.807, 2.05) is 18.3 Å². The number of hydrogen-bond donors (Lipinski definition) is 1. The van der Waals surface area contributed by atoms with Gasteiger partial charge in [-0.2, -0.15) is 0 Å². The van der Waals surface area contributed by atoms with Gasteiger partial charge in [0.25, 0.3) is 0 Å². The smallest absolute Gasteiger partial charge is 0.390 e. The van der Waals surface area contributed by atoms with E-state index in [1.165, 1.54) is 17.1 Å². The number of aromatic nitrogens is 3. The maximum atomic E-state index is 11.0. The molecule has 0 unspecified atom stereocenters. The molecule has 7 nitrogen and oxygen atoms in total. The summed E-state index contributed by atoms with van der Waals surface area (Å²) in [7, 11) is 4.11. The number of imidazole rings is 1. The van der Waals surface area contributed by atoms with Gasteiger partial charge in [0.2, 0.25) is 0 Å². The van der Waals surface area contributed by atoms with Crippen LogP contribution in [0.1, 0.15) is 11.1 Å². The Morgan fingerprint density at radius 1 is 1.39 bits per heavy atom. The second-order valence-electron chi connectivity index (χ2n) is 5.86. The minimum absolute atomic E-state index is 0.132. The van der Waals surface area contributed by atoms with Crippen molar-refractivity contribution in [1.29, 1.82) is 0 Å². The highest BCUT2D eigenvalue weighted by atomic mass is 16.6. The Labute approximate surface area is 133 Å². The molecule has 0 saturated carbocycles. The number of fused-ring (bicyclic) bond motifs is 1. The van der Waals surface area contributed by atoms with E-state index in [1.54, 1.807) is 10.8 Å². The van der Waals surface area contributed by atoms with Gasteiger partial charge in [-0.05, 0) is 48.7 Å². The number of H-pyrrole nitrogens is 1. The van der Waals surface area contributed by atoms with E-state index in [2.05, 4.69) is 35.0 Å². The highest BCUT2D eigenvalue weighted by Gasteiger charge is 2.14. The zero-order chi connectivity index (χ0) is 16.4. The number of likely N-dealkylation sites (N-methyl/N-ethyl adjacent to an activating group) is 1. The molecule has 0 radical (unpaired) electrons. The third-order valence-corrected chi connectivity index (χ3v) is 3.87. The maximum absolute atomic E-state index is 11.0. The molecule has 7 heteroatoms. The molecule has 23 heavy (non-hydrogen) atoms. The van der Waals surface area contributed by atoms with Gasteiger partial charge in [0, 0.05) is 23.6 Å². The van der Waals surface area contributed by atoms with Crippen LogP contribution in [0.25, 0.3) is 10.9 Å². The number of nitrogens with one attached hydrogen (secondary N) is 1. The summed E-state index contributed by atoms with van der Waals surface area (Å²) in [6.07, 6.45) is 6.08. The molecule has 0 bridgehead atoms. The normalized spacial score (nSPS) is 11.4. The van der Waals surface area contributed by atoms with Gasteiger partial charge in [-0.15, -0.1) is 0 Å². The molecular formula is C16H19N5O2. The van der Waals surface area contributed by atoms with E-state index in [0.717, 1.165) is 24.0 Å². The highest BCUT2D eigenvalue weighted by Crippen LogP contribution is 2.22. The van der Waals surface area contributed by atoms with Crippen molar-refractivity contribution in [3.8, 4) is 0 Å². The molecule has 0 spiro atoms. The first-order valence-corrected chi connectivity index (χ1v) is 7.44. The molecule has 120 valence electrons. The van der Waals surface area contributed by atoms with Gasteiger partial charge < -0.3 is 20.0 Å². The van der Waals surface area contributed by atoms with Gasteiger partial charge in [0.05, 0.1) is 6.54 Å². The van der Waals surface area contributed by atoms with Crippen LogP contribution in [0.2, 0.25) is 0 Å². The summed E-state index contributed by atoms with van der Waals surface area (Å²) in [5.74, 6) is -0.132. The first-order chi connectivity index (χ1) is 11.0. The van der Waals surface area contributed by atoms with Crippen molar-refractivity contribution >= 4 is 16.9 Å². The van der Waals surface area contributed by atoms with Crippen molar-refractivity contribution in [1.82, 2.24) is 19.4 Å². The Kier molecular flexibility index (Phi) is 4.12. The van der Waals surface area contributed by atoms with E-state index in [0.29, 0.717) is 6.54 Å². The molecule has 2 aromatic heterocycles. The monoisotopic (exact) mass is 313 g/mol. The summed E-state index contributed by atoms with van der Waals surface area (Å²) in [5, 5.41) is 12.1. The Bertz CT molecular complexity index is 834. The van der Waals surface area contributed by atoms with E-state index >= 15 is 0 Å². The largest absolute Gasteiger partial charge is 0.434 e. The topological polar surface area (TPSA) is 80.0 Å². The van der Waals surface area contributed by atoms with E-state index < -0.39 is 4.92 Å². The van der Waals surface area contributed by atoms with Crippen LogP contribution < -0.4 is 0 Å². The van der Waals surface area contributed by atoms with Crippen molar-refractivity contribution in [3.63, 3.8) is 0 Å². The minimum atomic E-state index is -0.461. The Morgan fingerprint density at radius 2 is 2.22 bits per heavy atom. The summed E-state index contributed by atoms with van der Waals surface area (Å²) in [6.45, 7) is 1.41. The molecule has 0 amide bonds. The molecule has 1 N–H and O–H groups in total. The second-order valence-corrected chi connectivity index (χ2v) is 5.86. The predicted octanol–water partition coefficient (Wildman–Crippen LogP) is 2.43. The lowest BCUT2D eigenvalue weighted by molar-refractivity contribution is -0.396. The van der Waals surface area contributed by atoms with Crippen LogP contribution in [0.5, 0.6) is 0 Å². The van der Waals surface area contributed by atoms with Crippen molar-refractivity contribution in [2.24, 2.45) is 0 Å². The Hall–Kier alpha value is -2.67. The van der Waals surface area contributed by atoms with Crippen molar-refractivity contribution in [2.45, 2.75) is 13.0 Å². The quantitative estimate of drug-likeness (QED) is 0.560. The van der Waals surface area contributed by atoms with Crippen LogP contribution in [0.15, 0.2) is 36.8 Å². The number of nitrogens with zero attached hydrogens (tertiary/aromatic N) is 4. The number of aromatic amines is 1. The number of benzene rings is 1. The first kappa shape index (κ1) is 15.2. The Balaban J connectivity index is 1.88. The van der Waals surface area contributed by atoms with Crippen molar-refractivity contribution < 1.29 is 4.92 Å². The zero-order valence-electron chi connectivity index (χ0n) is 13.2. The van der Waals surface area contributed by atoms with Crippen LogP contribution in [-0.4, -0.2) is 45.0 Å². The second kappa shape index (κ2) is 6.21. The van der Waals surface area contributed by atoms with Crippen molar-refractivity contribution in [2.75, 3.05) is 20.6 Å². The molecule has 1 aromatic carbocycles. The van der Waals surface area contributed by atoms with Gasteiger partial charge >= 0.3 is 5.95 Å². The molecule has 3 aromatic rings. The Morgan fingerprint density at radius 3 is 2.96 bits per heavy atom. The average molecular weight is 313 g/mol. The lowest BCUT2D eigenvalue weighted by Crippen LogP contribution is -2.14. The van der Waals surface area contributed by atoms with E-state index in [-0.39, 0.29) is 5.95 Å². The summed E-state index contributed by atoms with van der Waals surface area (Å²) in [6, 6.07) is 6.10. The van der Waals surface area contributed by atoms with Gasteiger partial charge in [-0.1, -0.05) is 11.1 Å². The molecule has 0 saturated heterocycles. The number of nitro groups is 1. The summed E-state index contributed by atoms with van der Waals surface area (Å²) in [5.41, 5.74) is 3.36. The van der Waals surface area contributed by atoms with Crippen LogP contribution in [-0.2, 0) is 13.0 Å². The number of hydrogen-bond acceptors (Lipinski definition) is 4. The van der Waals surface area contributed by atoms with E-state index in [9.17, 15) is 10.1 Å². The summed E-state index contributed by atoms with van der Waals surface area (Å²) in [4.78, 5) is 19.7. The van der Waals surface area contributed by atoms with Gasteiger partial charge in [0.15, 0.2) is 0 Å². The van der Waals surface area contributed by atoms with Crippen LogP contribution >= 0.6 is 0 Å². The highest BCUT2D eigenvalue weighted by molar-refractivity contribution is 5.83. The standard InChI is InChI=1S/C16H19N5O2/c1-19(2)7-5-13-10-18-15-4-3-12(9-14(13)15)11-20-8-6-17-16(20)21(22)23/h3-4,6,8-10,18H,5,7,11H2,1-2H3. The minimum Gasteiger partial charge on any atom is -0.390 e. The third kappa shape index (κ3) is 3.24. The fraction of sp³-hybridized carbons (Fsp3) is 0.312. The zero-order valence-corrected chi connectivity index (χ0v) is 13.2.